The number of nitriles is 1. The van der Waals surface area contributed by atoms with Crippen LogP contribution >= 0.6 is 34.5 Å². The molecule has 21 heavy (non-hydrogen) atoms. The molecule has 0 radical (unpaired) electrons. The normalized spacial score (nSPS) is 14.1. The third-order valence-electron chi connectivity index (χ3n) is 3.55. The second kappa shape index (κ2) is 6.19. The molecule has 1 aliphatic rings. The van der Waals surface area contributed by atoms with Gasteiger partial charge in [-0.15, -0.1) is 11.3 Å². The first-order chi connectivity index (χ1) is 10.2. The van der Waals surface area contributed by atoms with Gasteiger partial charge in [-0.1, -0.05) is 29.3 Å². The van der Waals surface area contributed by atoms with Crippen molar-refractivity contribution in [1.29, 1.82) is 5.26 Å². The minimum atomic E-state index is 0.561. The lowest BCUT2D eigenvalue weighted by Crippen LogP contribution is -1.99. The Morgan fingerprint density at radius 3 is 2.81 bits per heavy atom. The number of nitrogens with zero attached hydrogens (tertiary/aromatic N) is 2. The number of thiophene rings is 1. The summed E-state index contributed by atoms with van der Waals surface area (Å²) in [7, 11) is 0. The first-order valence-electron chi connectivity index (χ1n) is 6.73. The summed E-state index contributed by atoms with van der Waals surface area (Å²) in [5, 5.41) is 11.3. The van der Waals surface area contributed by atoms with Crippen LogP contribution in [0.4, 0.5) is 5.00 Å². The van der Waals surface area contributed by atoms with Crippen LogP contribution in [0.2, 0.25) is 10.0 Å². The minimum absolute atomic E-state index is 0.561. The van der Waals surface area contributed by atoms with Crippen LogP contribution in [0, 0.1) is 11.3 Å². The van der Waals surface area contributed by atoms with E-state index in [1.807, 2.05) is 6.07 Å². The highest BCUT2D eigenvalue weighted by atomic mass is 35.5. The van der Waals surface area contributed by atoms with E-state index in [1.54, 1.807) is 29.7 Å². The van der Waals surface area contributed by atoms with E-state index in [4.69, 9.17) is 23.2 Å². The quantitative estimate of drug-likeness (QED) is 0.662. The monoisotopic (exact) mass is 334 g/mol. The Kier molecular flexibility index (Phi) is 4.30. The van der Waals surface area contributed by atoms with Gasteiger partial charge in [-0.2, -0.15) is 5.26 Å². The van der Waals surface area contributed by atoms with E-state index in [1.165, 1.54) is 16.9 Å². The van der Waals surface area contributed by atoms with Crippen LogP contribution in [0.25, 0.3) is 0 Å². The van der Waals surface area contributed by atoms with Crippen molar-refractivity contribution in [2.75, 3.05) is 0 Å². The van der Waals surface area contributed by atoms with Crippen molar-refractivity contribution >= 4 is 45.8 Å². The number of fused-ring (bicyclic) bond motifs is 1. The second-order valence-electron chi connectivity index (χ2n) is 4.93. The fourth-order valence-corrected chi connectivity index (χ4v) is 4.13. The lowest BCUT2D eigenvalue weighted by atomic mass is 9.96. The molecule has 2 nitrogen and oxygen atoms in total. The van der Waals surface area contributed by atoms with E-state index in [2.05, 4.69) is 11.1 Å². The van der Waals surface area contributed by atoms with Gasteiger partial charge >= 0.3 is 0 Å². The summed E-state index contributed by atoms with van der Waals surface area (Å²) >= 11 is 13.6. The van der Waals surface area contributed by atoms with E-state index in [9.17, 15) is 5.26 Å². The first-order valence-corrected chi connectivity index (χ1v) is 8.30. The molecule has 1 aromatic heterocycles. The number of benzene rings is 1. The number of hydrogen-bond acceptors (Lipinski definition) is 3. The van der Waals surface area contributed by atoms with Crippen molar-refractivity contribution in [3.8, 4) is 6.07 Å². The molecule has 0 atom stereocenters. The van der Waals surface area contributed by atoms with Gasteiger partial charge in [-0.25, -0.2) is 4.99 Å². The predicted molar refractivity (Wildman–Crippen MR) is 89.4 cm³/mol. The van der Waals surface area contributed by atoms with E-state index in [0.29, 0.717) is 10.0 Å². The summed E-state index contributed by atoms with van der Waals surface area (Å²) in [6, 6.07) is 7.60. The van der Waals surface area contributed by atoms with Crippen LogP contribution in [0.5, 0.6) is 0 Å². The average molecular weight is 335 g/mol. The fraction of sp³-hybridized carbons (Fsp3) is 0.250. The van der Waals surface area contributed by atoms with Crippen molar-refractivity contribution in [2.45, 2.75) is 25.7 Å². The van der Waals surface area contributed by atoms with Crippen LogP contribution in [0.15, 0.2) is 23.2 Å². The number of aliphatic imine (C=N–C) groups is 1. The van der Waals surface area contributed by atoms with Gasteiger partial charge in [0.2, 0.25) is 0 Å². The Hall–Kier alpha value is -1.34. The van der Waals surface area contributed by atoms with Crippen LogP contribution in [0.1, 0.15) is 34.4 Å². The van der Waals surface area contributed by atoms with Crippen molar-refractivity contribution in [1.82, 2.24) is 0 Å². The fourth-order valence-electron chi connectivity index (χ4n) is 2.49. The summed E-state index contributed by atoms with van der Waals surface area (Å²) in [6.45, 7) is 0. The van der Waals surface area contributed by atoms with E-state index in [0.717, 1.165) is 35.4 Å². The number of aryl methyl sites for hydroxylation is 1. The maximum absolute atomic E-state index is 9.39. The van der Waals surface area contributed by atoms with Gasteiger partial charge in [-0.05, 0) is 43.4 Å². The SMILES string of the molecule is N#Cc1c(/N=C/c2ccc(Cl)cc2Cl)sc2c1CCCC2. The summed E-state index contributed by atoms with van der Waals surface area (Å²) in [5.41, 5.74) is 2.73. The molecule has 1 aliphatic carbocycles. The summed E-state index contributed by atoms with van der Waals surface area (Å²) in [4.78, 5) is 5.80. The van der Waals surface area contributed by atoms with Gasteiger partial charge in [0.25, 0.3) is 0 Å². The van der Waals surface area contributed by atoms with Gasteiger partial charge < -0.3 is 0 Å². The zero-order valence-electron chi connectivity index (χ0n) is 11.2. The lowest BCUT2D eigenvalue weighted by molar-refractivity contribution is 0.696. The minimum Gasteiger partial charge on any atom is -0.244 e. The van der Waals surface area contributed by atoms with E-state index in [-0.39, 0.29) is 0 Å². The molecule has 0 fully saturated rings. The average Bonchev–Trinajstić information content (AvgIpc) is 2.83. The van der Waals surface area contributed by atoms with Gasteiger partial charge in [-0.3, -0.25) is 0 Å². The third-order valence-corrected chi connectivity index (χ3v) is 5.31. The molecule has 1 aromatic carbocycles. The predicted octanol–water partition coefficient (Wildman–Crippen LogP) is 5.56. The summed E-state index contributed by atoms with van der Waals surface area (Å²) < 4.78 is 0. The number of rotatable bonds is 2. The Balaban J connectivity index is 1.96. The van der Waals surface area contributed by atoms with E-state index >= 15 is 0 Å². The van der Waals surface area contributed by atoms with Gasteiger partial charge in [0, 0.05) is 21.7 Å². The van der Waals surface area contributed by atoms with Crippen LogP contribution < -0.4 is 0 Å². The number of halogens is 2. The highest BCUT2D eigenvalue weighted by Crippen LogP contribution is 2.39. The molecule has 0 N–H and O–H groups in total. The molecular formula is C16H12Cl2N2S. The van der Waals surface area contributed by atoms with Crippen molar-refractivity contribution in [2.24, 2.45) is 4.99 Å². The van der Waals surface area contributed by atoms with Gasteiger partial charge in [0.1, 0.15) is 11.1 Å². The molecule has 0 saturated carbocycles. The molecule has 0 amide bonds. The molecule has 106 valence electrons. The third kappa shape index (κ3) is 2.98. The van der Waals surface area contributed by atoms with Crippen LogP contribution in [-0.2, 0) is 12.8 Å². The van der Waals surface area contributed by atoms with E-state index < -0.39 is 0 Å². The molecule has 5 heteroatoms. The molecule has 0 unspecified atom stereocenters. The Labute approximate surface area is 137 Å². The molecular weight excluding hydrogens is 323 g/mol. The van der Waals surface area contributed by atoms with Crippen molar-refractivity contribution in [3.63, 3.8) is 0 Å². The maximum atomic E-state index is 9.39. The smallest absolute Gasteiger partial charge is 0.134 e. The molecule has 0 spiro atoms. The van der Waals surface area contributed by atoms with Gasteiger partial charge in [0.15, 0.2) is 0 Å². The highest BCUT2D eigenvalue weighted by Gasteiger charge is 2.20. The Morgan fingerprint density at radius 1 is 1.24 bits per heavy atom. The zero-order valence-corrected chi connectivity index (χ0v) is 13.5. The Morgan fingerprint density at radius 2 is 2.05 bits per heavy atom. The second-order valence-corrected chi connectivity index (χ2v) is 6.85. The molecule has 2 aromatic rings. The van der Waals surface area contributed by atoms with Crippen LogP contribution in [-0.4, -0.2) is 6.21 Å². The number of hydrogen-bond donors (Lipinski definition) is 0. The van der Waals surface area contributed by atoms with Gasteiger partial charge in [0.05, 0.1) is 10.6 Å². The standard InChI is InChI=1S/C16H12Cl2N2S/c17-11-6-5-10(14(18)7-11)9-20-16-13(8-19)12-3-1-2-4-15(12)21-16/h5-7,9H,1-4H2/b20-9+. The maximum Gasteiger partial charge on any atom is 0.134 e. The molecule has 1 heterocycles. The molecule has 0 bridgehead atoms. The first kappa shape index (κ1) is 14.6. The topological polar surface area (TPSA) is 36.1 Å². The van der Waals surface area contributed by atoms with Crippen molar-refractivity contribution < 1.29 is 0 Å². The molecule has 0 saturated heterocycles. The molecule has 0 aliphatic heterocycles. The van der Waals surface area contributed by atoms with Crippen molar-refractivity contribution in [3.05, 3.63) is 49.8 Å². The Bertz CT molecular complexity index is 756. The highest BCUT2D eigenvalue weighted by molar-refractivity contribution is 7.16. The summed E-state index contributed by atoms with van der Waals surface area (Å²) in [6.07, 6.45) is 6.11. The largest absolute Gasteiger partial charge is 0.244 e. The lowest BCUT2D eigenvalue weighted by Gasteiger charge is -2.09. The summed E-state index contributed by atoms with van der Waals surface area (Å²) in [5.74, 6) is 0. The molecule has 3 rings (SSSR count). The van der Waals surface area contributed by atoms with Crippen LogP contribution in [0.3, 0.4) is 0 Å². The zero-order chi connectivity index (χ0) is 14.8.